The first kappa shape index (κ1) is 14.1. The van der Waals surface area contributed by atoms with Gasteiger partial charge in [-0.1, -0.05) is 6.07 Å². The van der Waals surface area contributed by atoms with Crippen molar-refractivity contribution in [1.29, 1.82) is 0 Å². The van der Waals surface area contributed by atoms with Gasteiger partial charge in [0.25, 0.3) is 0 Å². The average molecular weight is 240 g/mol. The number of ether oxygens (including phenoxy) is 1. The van der Waals surface area contributed by atoms with E-state index in [1.807, 2.05) is 20.8 Å². The maximum Gasteiger partial charge on any atom is 0.123 e. The zero-order valence-electron chi connectivity index (χ0n) is 11.0. The summed E-state index contributed by atoms with van der Waals surface area (Å²) in [7, 11) is 1.63. The lowest BCUT2D eigenvalue weighted by molar-refractivity contribution is -0.0191. The van der Waals surface area contributed by atoms with E-state index in [0.717, 1.165) is 11.1 Å². The summed E-state index contributed by atoms with van der Waals surface area (Å²) in [6, 6.07) is 4.65. The third-order valence-corrected chi connectivity index (χ3v) is 3.04. The van der Waals surface area contributed by atoms with Crippen LogP contribution in [0.2, 0.25) is 0 Å². The van der Waals surface area contributed by atoms with E-state index in [1.165, 1.54) is 12.1 Å². The van der Waals surface area contributed by atoms with Crippen LogP contribution in [0.15, 0.2) is 18.2 Å². The molecule has 1 N–H and O–H groups in total. The molecule has 0 aliphatic rings. The number of aryl methyl sites for hydroxylation is 1. The Morgan fingerprint density at radius 1 is 1.41 bits per heavy atom. The largest absolute Gasteiger partial charge is 0.393 e. The van der Waals surface area contributed by atoms with Crippen molar-refractivity contribution in [3.8, 4) is 0 Å². The smallest absolute Gasteiger partial charge is 0.123 e. The predicted octanol–water partition coefficient (Wildman–Crippen LogP) is 2.85. The fourth-order valence-electron chi connectivity index (χ4n) is 1.87. The number of halogens is 1. The second-order valence-electron chi connectivity index (χ2n) is 5.10. The molecule has 3 heteroatoms. The summed E-state index contributed by atoms with van der Waals surface area (Å²) in [4.78, 5) is 0. The summed E-state index contributed by atoms with van der Waals surface area (Å²) < 4.78 is 18.2. The van der Waals surface area contributed by atoms with E-state index in [-0.39, 0.29) is 11.4 Å². The van der Waals surface area contributed by atoms with Crippen LogP contribution in [0.5, 0.6) is 0 Å². The third kappa shape index (κ3) is 4.44. The van der Waals surface area contributed by atoms with Crippen LogP contribution in [0.3, 0.4) is 0 Å². The first-order chi connectivity index (χ1) is 7.84. The van der Waals surface area contributed by atoms with E-state index < -0.39 is 6.10 Å². The van der Waals surface area contributed by atoms with Crippen LogP contribution in [0.25, 0.3) is 0 Å². The molecule has 0 heterocycles. The van der Waals surface area contributed by atoms with Crippen molar-refractivity contribution in [3.63, 3.8) is 0 Å². The molecule has 0 aromatic heterocycles. The lowest BCUT2D eigenvalue weighted by Crippen LogP contribution is -2.29. The molecule has 1 atom stereocenters. The number of benzene rings is 1. The van der Waals surface area contributed by atoms with Crippen molar-refractivity contribution in [1.82, 2.24) is 0 Å². The molecule has 0 aliphatic heterocycles. The topological polar surface area (TPSA) is 29.5 Å². The molecule has 0 saturated carbocycles. The van der Waals surface area contributed by atoms with Crippen molar-refractivity contribution in [2.75, 3.05) is 7.11 Å². The van der Waals surface area contributed by atoms with E-state index in [0.29, 0.717) is 12.8 Å². The first-order valence-corrected chi connectivity index (χ1v) is 5.82. The molecule has 0 spiro atoms. The number of hydrogen-bond donors (Lipinski definition) is 1. The summed E-state index contributed by atoms with van der Waals surface area (Å²) >= 11 is 0. The molecule has 0 bridgehead atoms. The third-order valence-electron chi connectivity index (χ3n) is 3.04. The van der Waals surface area contributed by atoms with Gasteiger partial charge in [-0.2, -0.15) is 0 Å². The number of methoxy groups -OCH3 is 1. The van der Waals surface area contributed by atoms with E-state index in [1.54, 1.807) is 13.2 Å². The van der Waals surface area contributed by atoms with Crippen LogP contribution >= 0.6 is 0 Å². The second-order valence-corrected chi connectivity index (χ2v) is 5.10. The summed E-state index contributed by atoms with van der Waals surface area (Å²) in [5.41, 5.74) is 1.51. The molecule has 2 nitrogen and oxygen atoms in total. The Morgan fingerprint density at radius 2 is 2.06 bits per heavy atom. The summed E-state index contributed by atoms with van der Waals surface area (Å²) in [5.74, 6) is -0.238. The molecule has 1 unspecified atom stereocenters. The highest BCUT2D eigenvalue weighted by molar-refractivity contribution is 5.27. The van der Waals surface area contributed by atoms with E-state index >= 15 is 0 Å². The van der Waals surface area contributed by atoms with Gasteiger partial charge < -0.3 is 9.84 Å². The van der Waals surface area contributed by atoms with Crippen LogP contribution in [0.4, 0.5) is 4.39 Å². The van der Waals surface area contributed by atoms with Gasteiger partial charge in [-0.3, -0.25) is 0 Å². The van der Waals surface area contributed by atoms with Gasteiger partial charge in [0.05, 0.1) is 11.7 Å². The van der Waals surface area contributed by atoms with Crippen molar-refractivity contribution in [3.05, 3.63) is 35.1 Å². The van der Waals surface area contributed by atoms with E-state index in [2.05, 4.69) is 0 Å². The number of rotatable bonds is 5. The monoisotopic (exact) mass is 240 g/mol. The van der Waals surface area contributed by atoms with Gasteiger partial charge >= 0.3 is 0 Å². The van der Waals surface area contributed by atoms with Crippen molar-refractivity contribution in [2.24, 2.45) is 0 Å². The van der Waals surface area contributed by atoms with E-state index in [4.69, 9.17) is 4.74 Å². The lowest BCUT2D eigenvalue weighted by Gasteiger charge is -2.26. The van der Waals surface area contributed by atoms with Crippen molar-refractivity contribution < 1.29 is 14.2 Å². The minimum atomic E-state index is -0.478. The second kappa shape index (κ2) is 5.61. The lowest BCUT2D eigenvalue weighted by atomic mass is 9.94. The number of aliphatic hydroxyl groups excluding tert-OH is 1. The standard InChI is InChI=1S/C14H21FO2/c1-10-7-12(15)6-5-11(10)8-13(16)9-14(2,3)17-4/h5-7,13,16H,8-9H2,1-4H3. The van der Waals surface area contributed by atoms with Crippen LogP contribution in [0.1, 0.15) is 31.4 Å². The quantitative estimate of drug-likeness (QED) is 0.857. The van der Waals surface area contributed by atoms with Gasteiger partial charge in [0.1, 0.15) is 5.82 Å². The minimum Gasteiger partial charge on any atom is -0.393 e. The van der Waals surface area contributed by atoms with Crippen LogP contribution in [-0.2, 0) is 11.2 Å². The van der Waals surface area contributed by atoms with Gasteiger partial charge in [0, 0.05) is 13.5 Å². The normalized spacial score (nSPS) is 13.8. The van der Waals surface area contributed by atoms with Crippen molar-refractivity contribution in [2.45, 2.75) is 45.3 Å². The summed E-state index contributed by atoms with van der Waals surface area (Å²) in [6.07, 6.45) is 0.605. The Morgan fingerprint density at radius 3 is 2.59 bits per heavy atom. The maximum atomic E-state index is 12.9. The Balaban J connectivity index is 2.65. The fourth-order valence-corrected chi connectivity index (χ4v) is 1.87. The fraction of sp³-hybridized carbons (Fsp3) is 0.571. The van der Waals surface area contributed by atoms with Crippen LogP contribution in [-0.4, -0.2) is 23.9 Å². The number of aliphatic hydroxyl groups is 1. The van der Waals surface area contributed by atoms with E-state index in [9.17, 15) is 9.50 Å². The Labute approximate surface area is 102 Å². The average Bonchev–Trinajstić information content (AvgIpc) is 2.21. The molecule has 0 radical (unpaired) electrons. The first-order valence-electron chi connectivity index (χ1n) is 5.82. The molecule has 96 valence electrons. The maximum absolute atomic E-state index is 12.9. The predicted molar refractivity (Wildman–Crippen MR) is 66.6 cm³/mol. The summed E-state index contributed by atoms with van der Waals surface area (Å²) in [5, 5.41) is 9.99. The molecular weight excluding hydrogens is 219 g/mol. The Bertz CT molecular complexity index is 374. The van der Waals surface area contributed by atoms with Crippen LogP contribution < -0.4 is 0 Å². The molecule has 0 amide bonds. The molecule has 0 fully saturated rings. The number of hydrogen-bond acceptors (Lipinski definition) is 2. The van der Waals surface area contributed by atoms with Gasteiger partial charge in [-0.15, -0.1) is 0 Å². The van der Waals surface area contributed by atoms with Gasteiger partial charge in [-0.25, -0.2) is 4.39 Å². The SMILES string of the molecule is COC(C)(C)CC(O)Cc1ccc(F)cc1C. The Hall–Kier alpha value is -0.930. The molecular formula is C14H21FO2. The highest BCUT2D eigenvalue weighted by Gasteiger charge is 2.21. The molecule has 17 heavy (non-hydrogen) atoms. The van der Waals surface area contributed by atoms with Gasteiger partial charge in [0.15, 0.2) is 0 Å². The highest BCUT2D eigenvalue weighted by atomic mass is 19.1. The molecule has 1 aromatic rings. The molecule has 1 aromatic carbocycles. The zero-order chi connectivity index (χ0) is 13.1. The Kier molecular flexibility index (Phi) is 4.66. The molecule has 1 rings (SSSR count). The molecule has 0 aliphatic carbocycles. The van der Waals surface area contributed by atoms with Gasteiger partial charge in [0.2, 0.25) is 0 Å². The molecule has 0 saturated heterocycles. The van der Waals surface area contributed by atoms with Crippen LogP contribution in [0, 0.1) is 12.7 Å². The minimum absolute atomic E-state index is 0.238. The van der Waals surface area contributed by atoms with Crippen molar-refractivity contribution >= 4 is 0 Å². The zero-order valence-corrected chi connectivity index (χ0v) is 11.0. The summed E-state index contributed by atoms with van der Waals surface area (Å²) in [6.45, 7) is 5.73. The van der Waals surface area contributed by atoms with Gasteiger partial charge in [-0.05, 0) is 50.5 Å². The highest BCUT2D eigenvalue weighted by Crippen LogP contribution is 2.19.